The quantitative estimate of drug-likeness (QED) is 0.921. The van der Waals surface area contributed by atoms with Crippen molar-refractivity contribution in [2.75, 3.05) is 0 Å². The lowest BCUT2D eigenvalue weighted by atomic mass is 9.55. The second-order valence-corrected chi connectivity index (χ2v) is 7.23. The molecule has 1 N–H and O–H groups in total. The molecule has 0 aromatic heterocycles. The Hall–Kier alpha value is -1.51. The third-order valence-corrected chi connectivity index (χ3v) is 5.69. The summed E-state index contributed by atoms with van der Waals surface area (Å²) >= 11 is 0. The Morgan fingerprint density at radius 1 is 1.00 bits per heavy atom. The highest BCUT2D eigenvalue weighted by molar-refractivity contribution is 5.70. The molecule has 21 heavy (non-hydrogen) atoms. The van der Waals surface area contributed by atoms with Crippen molar-refractivity contribution in [3.63, 3.8) is 0 Å². The van der Waals surface area contributed by atoms with Gasteiger partial charge in [-0.1, -0.05) is 12.1 Å². The van der Waals surface area contributed by atoms with Crippen molar-refractivity contribution in [3.05, 3.63) is 29.8 Å². The van der Waals surface area contributed by atoms with Gasteiger partial charge in [-0.05, 0) is 73.5 Å². The van der Waals surface area contributed by atoms with E-state index in [0.717, 1.165) is 35.0 Å². The van der Waals surface area contributed by atoms with Crippen LogP contribution in [0.3, 0.4) is 0 Å². The predicted octanol–water partition coefficient (Wildman–Crippen LogP) is 3.52. The lowest BCUT2D eigenvalue weighted by molar-refractivity contribution is -0.136. The zero-order valence-electron chi connectivity index (χ0n) is 12.2. The third-order valence-electron chi connectivity index (χ3n) is 5.69. The molecule has 1 aromatic rings. The van der Waals surface area contributed by atoms with E-state index in [1.807, 2.05) is 24.3 Å². The molecule has 0 atom stereocenters. The number of carboxylic acid groups (broad SMARTS) is 1. The zero-order valence-corrected chi connectivity index (χ0v) is 12.2. The fourth-order valence-corrected chi connectivity index (χ4v) is 5.09. The summed E-state index contributed by atoms with van der Waals surface area (Å²) in [5.74, 6) is 3.54. The minimum absolute atomic E-state index is 0.0817. The van der Waals surface area contributed by atoms with Gasteiger partial charge in [0.25, 0.3) is 0 Å². The van der Waals surface area contributed by atoms with Gasteiger partial charge in [-0.15, -0.1) is 0 Å². The summed E-state index contributed by atoms with van der Waals surface area (Å²) in [6, 6.07) is 7.62. The van der Waals surface area contributed by atoms with Crippen LogP contribution in [0.15, 0.2) is 24.3 Å². The summed E-state index contributed by atoms with van der Waals surface area (Å²) in [5, 5.41) is 8.80. The van der Waals surface area contributed by atoms with Crippen molar-refractivity contribution in [1.82, 2.24) is 0 Å². The maximum atomic E-state index is 10.7. The smallest absolute Gasteiger partial charge is 0.307 e. The molecule has 0 aliphatic heterocycles. The van der Waals surface area contributed by atoms with Crippen LogP contribution in [0.1, 0.15) is 37.7 Å². The molecule has 1 aromatic carbocycles. The Kier molecular flexibility index (Phi) is 3.16. The predicted molar refractivity (Wildman–Crippen MR) is 79.2 cm³/mol. The summed E-state index contributed by atoms with van der Waals surface area (Å²) in [6.45, 7) is 0. The van der Waals surface area contributed by atoms with Gasteiger partial charge >= 0.3 is 5.97 Å². The minimum atomic E-state index is -0.787. The SMILES string of the molecule is O=C(O)Cc1ccc(OC2C3CC4CC(C3)CC2C4)cc1. The van der Waals surface area contributed by atoms with Crippen LogP contribution < -0.4 is 4.74 Å². The molecule has 3 heteroatoms. The first-order chi connectivity index (χ1) is 10.2. The average molecular weight is 286 g/mol. The maximum absolute atomic E-state index is 10.7. The number of aliphatic carboxylic acids is 1. The molecule has 0 amide bonds. The summed E-state index contributed by atoms with van der Waals surface area (Å²) in [5.41, 5.74) is 0.833. The van der Waals surface area contributed by atoms with Gasteiger partial charge in [0.05, 0.1) is 6.42 Å². The highest BCUT2D eigenvalue weighted by Gasteiger charge is 2.49. The van der Waals surface area contributed by atoms with E-state index in [0.29, 0.717) is 6.10 Å². The van der Waals surface area contributed by atoms with E-state index in [-0.39, 0.29) is 6.42 Å². The Morgan fingerprint density at radius 2 is 1.57 bits per heavy atom. The molecular formula is C18H22O3. The van der Waals surface area contributed by atoms with Gasteiger partial charge in [0.15, 0.2) is 0 Å². The van der Waals surface area contributed by atoms with Crippen LogP contribution in [-0.2, 0) is 11.2 Å². The summed E-state index contributed by atoms with van der Waals surface area (Å²) in [6.07, 6.45) is 7.36. The average Bonchev–Trinajstić information content (AvgIpc) is 2.43. The van der Waals surface area contributed by atoms with Gasteiger partial charge in [0.1, 0.15) is 11.9 Å². The van der Waals surface area contributed by atoms with Crippen LogP contribution in [0.25, 0.3) is 0 Å². The number of carboxylic acids is 1. The molecule has 0 unspecified atom stereocenters. The molecule has 0 saturated heterocycles. The Morgan fingerprint density at radius 3 is 2.10 bits per heavy atom. The Balaban J connectivity index is 1.45. The topological polar surface area (TPSA) is 46.5 Å². The van der Waals surface area contributed by atoms with Crippen molar-refractivity contribution in [3.8, 4) is 5.75 Å². The lowest BCUT2D eigenvalue weighted by Gasteiger charge is -2.53. The van der Waals surface area contributed by atoms with Gasteiger partial charge in [-0.2, -0.15) is 0 Å². The molecule has 4 saturated carbocycles. The van der Waals surface area contributed by atoms with Gasteiger partial charge in [0.2, 0.25) is 0 Å². The highest BCUT2D eigenvalue weighted by atomic mass is 16.5. The fourth-order valence-electron chi connectivity index (χ4n) is 5.09. The van der Waals surface area contributed by atoms with Crippen LogP contribution in [0.2, 0.25) is 0 Å². The van der Waals surface area contributed by atoms with E-state index >= 15 is 0 Å². The lowest BCUT2D eigenvalue weighted by Crippen LogP contribution is -2.50. The summed E-state index contributed by atoms with van der Waals surface area (Å²) in [4.78, 5) is 10.7. The highest BCUT2D eigenvalue weighted by Crippen LogP contribution is 2.54. The summed E-state index contributed by atoms with van der Waals surface area (Å²) in [7, 11) is 0. The first-order valence-electron chi connectivity index (χ1n) is 8.15. The molecule has 4 bridgehead atoms. The number of benzene rings is 1. The van der Waals surface area contributed by atoms with Crippen LogP contribution >= 0.6 is 0 Å². The van der Waals surface area contributed by atoms with Gasteiger partial charge < -0.3 is 9.84 Å². The number of hydrogen-bond donors (Lipinski definition) is 1. The van der Waals surface area contributed by atoms with Crippen molar-refractivity contribution >= 4 is 5.97 Å². The summed E-state index contributed by atoms with van der Waals surface area (Å²) < 4.78 is 6.30. The molecule has 0 spiro atoms. The molecular weight excluding hydrogens is 264 g/mol. The van der Waals surface area contributed by atoms with Gasteiger partial charge in [0, 0.05) is 0 Å². The Bertz CT molecular complexity index is 506. The largest absolute Gasteiger partial charge is 0.490 e. The second kappa shape index (κ2) is 5.04. The van der Waals surface area contributed by atoms with Crippen LogP contribution in [0, 0.1) is 23.7 Å². The van der Waals surface area contributed by atoms with Gasteiger partial charge in [-0.3, -0.25) is 4.79 Å². The molecule has 0 heterocycles. The van der Waals surface area contributed by atoms with Crippen molar-refractivity contribution < 1.29 is 14.6 Å². The molecule has 5 rings (SSSR count). The standard InChI is InChI=1S/C18H22O3/c19-17(20)10-11-1-3-16(4-2-11)21-18-14-6-12-5-13(8-14)9-15(18)7-12/h1-4,12-15,18H,5-10H2,(H,19,20). The van der Waals surface area contributed by atoms with Crippen molar-refractivity contribution in [1.29, 1.82) is 0 Å². The minimum Gasteiger partial charge on any atom is -0.490 e. The first kappa shape index (κ1) is 13.2. The van der Waals surface area contributed by atoms with Crippen molar-refractivity contribution in [2.45, 2.75) is 44.6 Å². The van der Waals surface area contributed by atoms with Crippen LogP contribution in [-0.4, -0.2) is 17.2 Å². The van der Waals surface area contributed by atoms with Gasteiger partial charge in [-0.25, -0.2) is 0 Å². The third kappa shape index (κ3) is 2.54. The van der Waals surface area contributed by atoms with Crippen molar-refractivity contribution in [2.24, 2.45) is 23.7 Å². The van der Waals surface area contributed by atoms with Crippen LogP contribution in [0.5, 0.6) is 5.75 Å². The molecule has 4 aliphatic rings. The normalized spacial score (nSPS) is 36.7. The van der Waals surface area contributed by atoms with E-state index in [4.69, 9.17) is 9.84 Å². The zero-order chi connectivity index (χ0) is 14.4. The molecule has 3 nitrogen and oxygen atoms in total. The molecule has 4 aliphatic carbocycles. The number of carbonyl (C=O) groups is 1. The van der Waals surface area contributed by atoms with E-state index in [9.17, 15) is 4.79 Å². The number of ether oxygens (including phenoxy) is 1. The maximum Gasteiger partial charge on any atom is 0.307 e. The van der Waals surface area contributed by atoms with E-state index < -0.39 is 5.97 Å². The molecule has 4 fully saturated rings. The number of hydrogen-bond acceptors (Lipinski definition) is 2. The first-order valence-corrected chi connectivity index (χ1v) is 8.15. The monoisotopic (exact) mass is 286 g/mol. The molecule has 0 radical (unpaired) electrons. The number of rotatable bonds is 4. The Labute approximate surface area is 125 Å². The molecule has 112 valence electrons. The van der Waals surface area contributed by atoms with E-state index in [1.54, 1.807) is 0 Å². The second-order valence-electron chi connectivity index (χ2n) is 7.23. The van der Waals surface area contributed by atoms with E-state index in [1.165, 1.54) is 32.1 Å². The van der Waals surface area contributed by atoms with Crippen LogP contribution in [0.4, 0.5) is 0 Å². The fraction of sp³-hybridized carbons (Fsp3) is 0.611. The van der Waals surface area contributed by atoms with E-state index in [2.05, 4.69) is 0 Å².